The molecule has 0 fully saturated rings. The fraction of sp³-hybridized carbons (Fsp3) is 0.267. The van der Waals surface area contributed by atoms with E-state index in [1.54, 1.807) is 14.1 Å². The van der Waals surface area contributed by atoms with Crippen molar-refractivity contribution in [1.29, 1.82) is 0 Å². The van der Waals surface area contributed by atoms with Crippen LogP contribution in [0.5, 0.6) is 0 Å². The van der Waals surface area contributed by atoms with Gasteiger partial charge in [0.05, 0.1) is 0 Å². The van der Waals surface area contributed by atoms with Crippen LogP contribution < -0.4 is 19.4 Å². The third-order valence-corrected chi connectivity index (χ3v) is 11.0. The molecule has 2 heterocycles. The van der Waals surface area contributed by atoms with E-state index in [0.29, 0.717) is 15.0 Å². The van der Waals surface area contributed by atoms with Crippen LogP contribution in [0.15, 0.2) is 30.5 Å². The number of rotatable bonds is 0. The molecule has 1 aromatic heterocycles. The van der Waals surface area contributed by atoms with E-state index in [2.05, 4.69) is 51.2 Å². The van der Waals surface area contributed by atoms with Crippen LogP contribution in [0.25, 0.3) is 0 Å². The summed E-state index contributed by atoms with van der Waals surface area (Å²) in [6.07, 6.45) is 1.99. The Hall–Kier alpha value is -0.894. The van der Waals surface area contributed by atoms with Gasteiger partial charge in [-0.1, -0.05) is 0 Å². The molecule has 18 heavy (non-hydrogen) atoms. The quantitative estimate of drug-likeness (QED) is 0.644. The van der Waals surface area contributed by atoms with Gasteiger partial charge in [0.15, 0.2) is 0 Å². The molecule has 0 N–H and O–H groups in total. The number of pyridine rings is 1. The average Bonchev–Trinajstić information content (AvgIpc) is 2.32. The Bertz CT molecular complexity index is 581. The second-order valence-corrected chi connectivity index (χ2v) is 11.9. The first-order valence-electron chi connectivity index (χ1n) is 6.26. The predicted molar refractivity (Wildman–Crippen MR) is 81.9 cm³/mol. The van der Waals surface area contributed by atoms with Crippen LogP contribution in [0, 0.1) is 13.8 Å². The summed E-state index contributed by atoms with van der Waals surface area (Å²) in [5.41, 5.74) is 2.89. The van der Waals surface area contributed by atoms with Gasteiger partial charge < -0.3 is 0 Å². The maximum absolute atomic E-state index is 4.74. The van der Waals surface area contributed by atoms with Gasteiger partial charge in [-0.3, -0.25) is 0 Å². The number of nitrogens with zero attached hydrogens (tertiary/aromatic N) is 1. The Morgan fingerprint density at radius 1 is 1.00 bits per heavy atom. The van der Waals surface area contributed by atoms with E-state index in [4.69, 9.17) is 4.98 Å². The molecule has 1 aromatic carbocycles. The van der Waals surface area contributed by atoms with Crippen molar-refractivity contribution in [2.75, 3.05) is 0 Å². The van der Waals surface area contributed by atoms with E-state index in [1.807, 2.05) is 6.20 Å². The summed E-state index contributed by atoms with van der Waals surface area (Å²) in [6.45, 7) is 9.36. The second kappa shape index (κ2) is 4.06. The third-order valence-electron chi connectivity index (χ3n) is 3.78. The summed E-state index contributed by atoms with van der Waals surface area (Å²) in [5.74, 6) is 0. The van der Waals surface area contributed by atoms with Crippen LogP contribution in [-0.4, -0.2) is 28.0 Å². The summed E-state index contributed by atoms with van der Waals surface area (Å²) in [4.78, 5) is 4.74. The topological polar surface area (TPSA) is 12.9 Å². The van der Waals surface area contributed by atoms with E-state index < -0.39 is 8.07 Å². The summed E-state index contributed by atoms with van der Waals surface area (Å²) in [6, 6.07) is 8.96. The number of aromatic nitrogens is 1. The maximum atomic E-state index is 4.74. The van der Waals surface area contributed by atoms with E-state index in [0.717, 1.165) is 0 Å². The normalized spacial score (nSPS) is 16.0. The van der Waals surface area contributed by atoms with Crippen molar-refractivity contribution in [3.8, 4) is 0 Å². The van der Waals surface area contributed by atoms with Crippen LogP contribution in [0.4, 0.5) is 0 Å². The van der Waals surface area contributed by atoms with Gasteiger partial charge in [-0.05, 0) is 0 Å². The summed E-state index contributed by atoms with van der Waals surface area (Å²) in [5, 5.41) is 3.02. The molecular formula is C15H17NSeSi. The van der Waals surface area contributed by atoms with Crippen LogP contribution in [0.2, 0.25) is 13.1 Å². The van der Waals surface area contributed by atoms with Gasteiger partial charge in [0, 0.05) is 0 Å². The first-order valence-corrected chi connectivity index (χ1v) is 11.0. The molecule has 0 atom stereocenters. The van der Waals surface area contributed by atoms with Gasteiger partial charge in [0.25, 0.3) is 0 Å². The fourth-order valence-corrected chi connectivity index (χ4v) is 11.1. The molecule has 0 saturated heterocycles. The van der Waals surface area contributed by atoms with Gasteiger partial charge in [-0.15, -0.1) is 0 Å². The van der Waals surface area contributed by atoms with E-state index >= 15 is 0 Å². The van der Waals surface area contributed by atoms with Gasteiger partial charge in [0.1, 0.15) is 0 Å². The number of hydrogen-bond acceptors (Lipinski definition) is 1. The zero-order chi connectivity index (χ0) is 12.9. The summed E-state index contributed by atoms with van der Waals surface area (Å²) >= 11 is 0.427. The molecule has 2 aromatic rings. The number of fused-ring (bicyclic) bond motifs is 2. The van der Waals surface area contributed by atoms with E-state index in [-0.39, 0.29) is 0 Å². The Morgan fingerprint density at radius 3 is 2.50 bits per heavy atom. The Kier molecular flexibility index (Phi) is 2.74. The van der Waals surface area contributed by atoms with Crippen molar-refractivity contribution in [2.24, 2.45) is 0 Å². The van der Waals surface area contributed by atoms with Crippen LogP contribution in [0.1, 0.15) is 11.1 Å². The molecule has 0 amide bonds. The standard InChI is InChI=1S/C15H17NSeSi/c1-10-6-5-7-12-13(10)17-14-11(2)8-9-16-15(14)18(12,3)4/h5-9H,1-4H3. The van der Waals surface area contributed by atoms with E-state index in [9.17, 15) is 0 Å². The molecule has 1 aliphatic heterocycles. The van der Waals surface area contributed by atoms with Crippen LogP contribution in [0.3, 0.4) is 0 Å². The fourth-order valence-electron chi connectivity index (χ4n) is 2.63. The number of aryl methyl sites for hydroxylation is 2. The third kappa shape index (κ3) is 1.62. The van der Waals surface area contributed by atoms with E-state index in [1.165, 1.54) is 16.4 Å². The van der Waals surface area contributed by atoms with Crippen molar-refractivity contribution in [1.82, 2.24) is 4.98 Å². The molecule has 92 valence electrons. The number of benzene rings is 1. The van der Waals surface area contributed by atoms with Gasteiger partial charge in [-0.25, -0.2) is 0 Å². The molecule has 1 nitrogen and oxygen atoms in total. The van der Waals surface area contributed by atoms with Gasteiger partial charge in [0.2, 0.25) is 0 Å². The van der Waals surface area contributed by atoms with Crippen molar-refractivity contribution < 1.29 is 0 Å². The van der Waals surface area contributed by atoms with Crippen molar-refractivity contribution in [2.45, 2.75) is 26.9 Å². The molecule has 0 radical (unpaired) electrons. The summed E-state index contributed by atoms with van der Waals surface area (Å²) in [7, 11) is -1.59. The summed E-state index contributed by atoms with van der Waals surface area (Å²) < 4.78 is 3.16. The Labute approximate surface area is 116 Å². The van der Waals surface area contributed by atoms with Crippen molar-refractivity contribution in [3.05, 3.63) is 41.6 Å². The Balaban J connectivity index is 2.33. The molecule has 0 bridgehead atoms. The molecule has 0 spiro atoms. The zero-order valence-electron chi connectivity index (χ0n) is 11.2. The molecule has 0 aliphatic carbocycles. The van der Waals surface area contributed by atoms with Gasteiger partial charge >= 0.3 is 116 Å². The van der Waals surface area contributed by atoms with Gasteiger partial charge in [-0.2, -0.15) is 0 Å². The minimum absolute atomic E-state index is 0.427. The SMILES string of the molecule is Cc1cccc2c1[Se]c1c(C)ccnc1[Si]2(C)C. The van der Waals surface area contributed by atoms with Crippen molar-refractivity contribution >= 4 is 42.5 Å². The molecule has 3 heteroatoms. The predicted octanol–water partition coefficient (Wildman–Crippen LogP) is 0.489. The molecule has 1 aliphatic rings. The zero-order valence-corrected chi connectivity index (χ0v) is 14.0. The monoisotopic (exact) mass is 319 g/mol. The van der Waals surface area contributed by atoms with Crippen molar-refractivity contribution in [3.63, 3.8) is 0 Å². The molecule has 0 saturated carbocycles. The molecule has 3 rings (SSSR count). The Morgan fingerprint density at radius 2 is 1.72 bits per heavy atom. The number of hydrogen-bond donors (Lipinski definition) is 0. The average molecular weight is 318 g/mol. The van der Waals surface area contributed by atoms with Crippen LogP contribution in [-0.2, 0) is 0 Å². The van der Waals surface area contributed by atoms with Crippen LogP contribution >= 0.6 is 0 Å². The molecular weight excluding hydrogens is 301 g/mol. The first kappa shape index (κ1) is 12.2. The first-order chi connectivity index (χ1) is 8.51. The molecule has 0 unspecified atom stereocenters. The minimum atomic E-state index is -1.59. The second-order valence-electron chi connectivity index (χ2n) is 5.48.